The Hall–Kier alpha value is -0.570. The molecule has 0 heterocycles. The van der Waals surface area contributed by atoms with E-state index in [9.17, 15) is 5.11 Å². The Bertz CT molecular complexity index is 374. The molecule has 1 aliphatic carbocycles. The monoisotopic (exact) mass is 253 g/mol. The van der Waals surface area contributed by atoms with Gasteiger partial charge in [0.15, 0.2) is 0 Å². The normalized spacial score (nSPS) is 21.1. The van der Waals surface area contributed by atoms with Crippen LogP contribution in [0.1, 0.15) is 43.8 Å². The molecule has 3 N–H and O–H groups in total. The van der Waals surface area contributed by atoms with Crippen molar-refractivity contribution in [3.05, 3.63) is 34.9 Å². The van der Waals surface area contributed by atoms with Crippen LogP contribution in [-0.4, -0.2) is 11.7 Å². The zero-order valence-electron chi connectivity index (χ0n) is 10.0. The minimum atomic E-state index is -0.494. The van der Waals surface area contributed by atoms with Gasteiger partial charge in [-0.2, -0.15) is 0 Å². The number of nitrogens with two attached hydrogens (primary N) is 1. The third-order valence-corrected chi connectivity index (χ3v) is 4.24. The average Bonchev–Trinajstić information content (AvgIpc) is 2.38. The maximum absolute atomic E-state index is 10.6. The van der Waals surface area contributed by atoms with E-state index in [0.717, 1.165) is 31.2 Å². The molecule has 1 fully saturated rings. The molecule has 3 heteroatoms. The topological polar surface area (TPSA) is 46.2 Å². The van der Waals surface area contributed by atoms with Crippen LogP contribution in [0.15, 0.2) is 24.3 Å². The Morgan fingerprint density at radius 1 is 1.29 bits per heavy atom. The van der Waals surface area contributed by atoms with E-state index in [2.05, 4.69) is 0 Å². The number of aliphatic hydroxyl groups excluding tert-OH is 1. The Morgan fingerprint density at radius 2 is 2.00 bits per heavy atom. The van der Waals surface area contributed by atoms with Gasteiger partial charge in [0.25, 0.3) is 0 Å². The molecule has 1 atom stereocenters. The van der Waals surface area contributed by atoms with Crippen LogP contribution in [0.3, 0.4) is 0 Å². The fourth-order valence-electron chi connectivity index (χ4n) is 2.88. The molecule has 2 rings (SSSR count). The predicted octanol–water partition coefficient (Wildman–Crippen LogP) is 3.28. The second-order valence-corrected chi connectivity index (χ2v) is 5.52. The van der Waals surface area contributed by atoms with E-state index in [0.29, 0.717) is 11.6 Å². The van der Waals surface area contributed by atoms with Gasteiger partial charge >= 0.3 is 0 Å². The molecule has 0 radical (unpaired) electrons. The minimum absolute atomic E-state index is 0.150. The van der Waals surface area contributed by atoms with Crippen LogP contribution < -0.4 is 5.73 Å². The molecular formula is C14H20ClNO. The van der Waals surface area contributed by atoms with Gasteiger partial charge in [-0.05, 0) is 30.5 Å². The van der Waals surface area contributed by atoms with Crippen LogP contribution >= 0.6 is 11.6 Å². The first-order chi connectivity index (χ1) is 8.18. The summed E-state index contributed by atoms with van der Waals surface area (Å²) in [5.74, 6) is 0. The summed E-state index contributed by atoms with van der Waals surface area (Å²) in [6, 6.07) is 7.49. The van der Waals surface area contributed by atoms with E-state index in [4.69, 9.17) is 17.3 Å². The van der Waals surface area contributed by atoms with Crippen molar-refractivity contribution >= 4 is 11.6 Å². The zero-order valence-corrected chi connectivity index (χ0v) is 10.8. The molecule has 1 unspecified atom stereocenters. The van der Waals surface area contributed by atoms with Gasteiger partial charge in [0.05, 0.1) is 6.10 Å². The summed E-state index contributed by atoms with van der Waals surface area (Å²) in [6.07, 6.45) is 5.11. The standard InChI is InChI=1S/C14H20ClNO/c15-12-6-4-5-11(9-12)13(17)14(10-16)7-2-1-3-8-14/h4-6,9,13,17H,1-3,7-8,10,16H2. The van der Waals surface area contributed by atoms with E-state index in [1.165, 1.54) is 6.42 Å². The second-order valence-electron chi connectivity index (χ2n) is 5.08. The second kappa shape index (κ2) is 5.38. The smallest absolute Gasteiger partial charge is 0.0858 e. The number of halogens is 1. The molecule has 94 valence electrons. The van der Waals surface area contributed by atoms with Crippen LogP contribution in [0.25, 0.3) is 0 Å². The number of benzene rings is 1. The molecule has 1 aromatic rings. The maximum atomic E-state index is 10.6. The lowest BCUT2D eigenvalue weighted by Gasteiger charge is -2.40. The van der Waals surface area contributed by atoms with Gasteiger partial charge in [-0.3, -0.25) is 0 Å². The van der Waals surface area contributed by atoms with Crippen LogP contribution in [-0.2, 0) is 0 Å². The van der Waals surface area contributed by atoms with E-state index >= 15 is 0 Å². The highest BCUT2D eigenvalue weighted by Crippen LogP contribution is 2.45. The first-order valence-electron chi connectivity index (χ1n) is 6.31. The van der Waals surface area contributed by atoms with Crippen LogP contribution in [0.2, 0.25) is 5.02 Å². The number of aliphatic hydroxyl groups is 1. The van der Waals surface area contributed by atoms with E-state index in [1.54, 1.807) is 0 Å². The lowest BCUT2D eigenvalue weighted by molar-refractivity contribution is 0.000703. The van der Waals surface area contributed by atoms with Crippen molar-refractivity contribution in [3.8, 4) is 0 Å². The van der Waals surface area contributed by atoms with E-state index < -0.39 is 6.10 Å². The highest BCUT2D eigenvalue weighted by atomic mass is 35.5. The fraction of sp³-hybridized carbons (Fsp3) is 0.571. The molecule has 0 amide bonds. The first-order valence-corrected chi connectivity index (χ1v) is 6.69. The molecule has 17 heavy (non-hydrogen) atoms. The molecule has 0 aliphatic heterocycles. The van der Waals surface area contributed by atoms with Gasteiger partial charge in [-0.1, -0.05) is 43.0 Å². The van der Waals surface area contributed by atoms with Gasteiger partial charge < -0.3 is 10.8 Å². The predicted molar refractivity (Wildman–Crippen MR) is 71.0 cm³/mol. The summed E-state index contributed by atoms with van der Waals surface area (Å²) >= 11 is 5.97. The van der Waals surface area contributed by atoms with Crippen molar-refractivity contribution < 1.29 is 5.11 Å². The van der Waals surface area contributed by atoms with Crippen LogP contribution in [0.4, 0.5) is 0 Å². The van der Waals surface area contributed by atoms with Crippen molar-refractivity contribution in [1.29, 1.82) is 0 Å². The molecule has 1 aliphatic rings. The van der Waals surface area contributed by atoms with Gasteiger partial charge in [0, 0.05) is 17.0 Å². The number of hydrogen-bond acceptors (Lipinski definition) is 2. The van der Waals surface area contributed by atoms with Crippen LogP contribution in [0, 0.1) is 5.41 Å². The Labute approximate surface area is 108 Å². The summed E-state index contributed by atoms with van der Waals surface area (Å²) in [6.45, 7) is 0.542. The van der Waals surface area contributed by atoms with Crippen molar-refractivity contribution in [2.75, 3.05) is 6.54 Å². The fourth-order valence-corrected chi connectivity index (χ4v) is 3.07. The highest BCUT2D eigenvalue weighted by molar-refractivity contribution is 6.30. The third-order valence-electron chi connectivity index (χ3n) is 4.00. The quantitative estimate of drug-likeness (QED) is 0.868. The largest absolute Gasteiger partial charge is 0.388 e. The molecule has 0 aromatic heterocycles. The molecule has 2 nitrogen and oxygen atoms in total. The summed E-state index contributed by atoms with van der Waals surface area (Å²) < 4.78 is 0. The zero-order chi connectivity index (χ0) is 12.3. The molecule has 0 bridgehead atoms. The lowest BCUT2D eigenvalue weighted by atomic mass is 9.68. The van der Waals surface area contributed by atoms with Crippen molar-refractivity contribution in [2.24, 2.45) is 11.1 Å². The van der Waals surface area contributed by atoms with Gasteiger partial charge in [0.2, 0.25) is 0 Å². The Kier molecular flexibility index (Phi) is 4.08. The summed E-state index contributed by atoms with van der Waals surface area (Å²) in [7, 11) is 0. The van der Waals surface area contributed by atoms with E-state index in [-0.39, 0.29) is 5.41 Å². The van der Waals surface area contributed by atoms with Crippen molar-refractivity contribution in [1.82, 2.24) is 0 Å². The maximum Gasteiger partial charge on any atom is 0.0858 e. The van der Waals surface area contributed by atoms with Gasteiger partial charge in [0.1, 0.15) is 0 Å². The molecule has 0 spiro atoms. The Balaban J connectivity index is 2.24. The number of hydrogen-bond donors (Lipinski definition) is 2. The summed E-state index contributed by atoms with van der Waals surface area (Å²) in [4.78, 5) is 0. The molecule has 1 saturated carbocycles. The highest BCUT2D eigenvalue weighted by Gasteiger charge is 2.38. The SMILES string of the molecule is NCC1(C(O)c2cccc(Cl)c2)CCCCC1. The third kappa shape index (κ3) is 2.65. The van der Waals surface area contributed by atoms with Crippen molar-refractivity contribution in [2.45, 2.75) is 38.2 Å². The summed E-state index contributed by atoms with van der Waals surface area (Å²) in [5, 5.41) is 11.3. The van der Waals surface area contributed by atoms with Gasteiger partial charge in [-0.15, -0.1) is 0 Å². The Morgan fingerprint density at radius 3 is 2.59 bits per heavy atom. The molecule has 1 aromatic carbocycles. The minimum Gasteiger partial charge on any atom is -0.388 e. The van der Waals surface area contributed by atoms with Gasteiger partial charge in [-0.25, -0.2) is 0 Å². The summed E-state index contributed by atoms with van der Waals surface area (Å²) in [5.41, 5.74) is 6.67. The van der Waals surface area contributed by atoms with Crippen LogP contribution in [0.5, 0.6) is 0 Å². The molecular weight excluding hydrogens is 234 g/mol. The van der Waals surface area contributed by atoms with Crippen molar-refractivity contribution in [3.63, 3.8) is 0 Å². The average molecular weight is 254 g/mol. The number of rotatable bonds is 3. The van der Waals surface area contributed by atoms with E-state index in [1.807, 2.05) is 24.3 Å². The first kappa shape index (κ1) is 12.9. The lowest BCUT2D eigenvalue weighted by Crippen LogP contribution is -2.38. The molecule has 0 saturated heterocycles.